The van der Waals surface area contributed by atoms with Gasteiger partial charge in [-0.25, -0.2) is 4.79 Å². The lowest BCUT2D eigenvalue weighted by Crippen LogP contribution is -2.41. The van der Waals surface area contributed by atoms with Gasteiger partial charge in [-0.2, -0.15) is 8.78 Å². The molecule has 8 heteroatoms. The number of carbonyl (C=O) groups excluding carboxylic acids is 1. The number of carboxylic acids is 1. The quantitative estimate of drug-likeness (QED) is 0.802. The SMILES string of the molecule is CC(C)C[C@@H](NC(=O)c1cc(Cl)ccc1OC(F)F)C(=O)O. The maximum absolute atomic E-state index is 12.3. The standard InChI is InChI=1S/C14H16ClF2NO4/c1-7(2)5-10(13(20)21)18-12(19)9-6-8(15)3-4-11(9)22-14(16)17/h3-4,6-7,10,14H,5H2,1-2H3,(H,18,19)(H,20,21)/t10-/m1/s1. The molecule has 1 atom stereocenters. The van der Waals surface area contributed by atoms with Crippen LogP contribution >= 0.6 is 11.6 Å². The van der Waals surface area contributed by atoms with Gasteiger partial charge < -0.3 is 15.2 Å². The molecule has 2 N–H and O–H groups in total. The summed E-state index contributed by atoms with van der Waals surface area (Å²) in [6, 6.07) is 2.43. The molecule has 22 heavy (non-hydrogen) atoms. The van der Waals surface area contributed by atoms with Crippen LogP contribution in [0.1, 0.15) is 30.6 Å². The number of benzene rings is 1. The first-order valence-corrected chi connectivity index (χ1v) is 6.86. The first-order valence-electron chi connectivity index (χ1n) is 6.48. The molecule has 5 nitrogen and oxygen atoms in total. The van der Waals surface area contributed by atoms with E-state index in [0.29, 0.717) is 0 Å². The minimum Gasteiger partial charge on any atom is -0.480 e. The Labute approximate surface area is 131 Å². The number of carbonyl (C=O) groups is 2. The first kappa shape index (κ1) is 18.2. The van der Waals surface area contributed by atoms with Crippen LogP contribution in [0.25, 0.3) is 0 Å². The lowest BCUT2D eigenvalue weighted by atomic mass is 10.0. The molecule has 1 aromatic rings. The van der Waals surface area contributed by atoms with Gasteiger partial charge in [-0.3, -0.25) is 4.79 Å². The third-order valence-corrected chi connectivity index (χ3v) is 2.95. The van der Waals surface area contributed by atoms with E-state index in [1.807, 2.05) is 0 Å². The van der Waals surface area contributed by atoms with E-state index in [9.17, 15) is 18.4 Å². The molecule has 1 rings (SSSR count). The van der Waals surface area contributed by atoms with Crippen LogP contribution in [-0.4, -0.2) is 29.6 Å². The first-order chi connectivity index (χ1) is 10.2. The van der Waals surface area contributed by atoms with Crippen LogP contribution in [0, 0.1) is 5.92 Å². The Hall–Kier alpha value is -1.89. The van der Waals surface area contributed by atoms with Gasteiger partial charge in [0.1, 0.15) is 11.8 Å². The highest BCUT2D eigenvalue weighted by Crippen LogP contribution is 2.24. The van der Waals surface area contributed by atoms with E-state index in [1.165, 1.54) is 6.07 Å². The Kier molecular flexibility index (Phi) is 6.55. The van der Waals surface area contributed by atoms with Gasteiger partial charge in [0.25, 0.3) is 5.91 Å². The van der Waals surface area contributed by atoms with Crippen LogP contribution in [0.2, 0.25) is 5.02 Å². The number of aliphatic carboxylic acids is 1. The average molecular weight is 336 g/mol. The molecule has 0 bridgehead atoms. The fourth-order valence-electron chi connectivity index (χ4n) is 1.81. The van der Waals surface area contributed by atoms with Crippen LogP contribution < -0.4 is 10.1 Å². The zero-order valence-corrected chi connectivity index (χ0v) is 12.7. The Morgan fingerprint density at radius 2 is 2.00 bits per heavy atom. The largest absolute Gasteiger partial charge is 0.480 e. The van der Waals surface area contributed by atoms with Crippen LogP contribution in [0.15, 0.2) is 18.2 Å². The van der Waals surface area contributed by atoms with Crippen LogP contribution in [0.5, 0.6) is 5.75 Å². The smallest absolute Gasteiger partial charge is 0.387 e. The number of halogens is 3. The van der Waals surface area contributed by atoms with E-state index in [-0.39, 0.29) is 28.7 Å². The van der Waals surface area contributed by atoms with Crippen molar-refractivity contribution < 1.29 is 28.2 Å². The Morgan fingerprint density at radius 1 is 1.36 bits per heavy atom. The van der Waals surface area contributed by atoms with Gasteiger partial charge in [-0.05, 0) is 30.5 Å². The number of ether oxygens (including phenoxy) is 1. The van der Waals surface area contributed by atoms with Gasteiger partial charge in [-0.15, -0.1) is 0 Å². The summed E-state index contributed by atoms with van der Waals surface area (Å²) in [7, 11) is 0. The van der Waals surface area contributed by atoms with Crippen molar-refractivity contribution in [3.05, 3.63) is 28.8 Å². The van der Waals surface area contributed by atoms with Gasteiger partial charge in [0, 0.05) is 5.02 Å². The summed E-state index contributed by atoms with van der Waals surface area (Å²) in [5.74, 6) is -2.39. The summed E-state index contributed by atoms with van der Waals surface area (Å²) in [4.78, 5) is 23.3. The van der Waals surface area contributed by atoms with Gasteiger partial charge in [0.2, 0.25) is 0 Å². The summed E-state index contributed by atoms with van der Waals surface area (Å²) in [6.45, 7) is 0.485. The van der Waals surface area contributed by atoms with Crippen LogP contribution in [0.3, 0.4) is 0 Å². The minimum absolute atomic E-state index is 0.0255. The average Bonchev–Trinajstić information content (AvgIpc) is 2.38. The predicted molar refractivity (Wildman–Crippen MR) is 76.4 cm³/mol. The molecule has 1 amide bonds. The molecule has 0 aliphatic rings. The molecule has 0 heterocycles. The molecule has 0 aliphatic carbocycles. The number of rotatable bonds is 7. The van der Waals surface area contributed by atoms with Crippen molar-refractivity contribution in [3.63, 3.8) is 0 Å². The van der Waals surface area contributed by atoms with Crippen molar-refractivity contribution in [1.82, 2.24) is 5.32 Å². The molecule has 0 spiro atoms. The molecule has 0 aliphatic heterocycles. The maximum atomic E-state index is 12.3. The summed E-state index contributed by atoms with van der Waals surface area (Å²) in [6.07, 6.45) is 0.201. The van der Waals surface area contributed by atoms with Crippen LogP contribution in [0.4, 0.5) is 8.78 Å². The van der Waals surface area contributed by atoms with E-state index in [1.54, 1.807) is 13.8 Å². The van der Waals surface area contributed by atoms with Crippen molar-refractivity contribution in [1.29, 1.82) is 0 Å². The van der Waals surface area contributed by atoms with Crippen molar-refractivity contribution in [2.45, 2.75) is 32.9 Å². The molecule has 0 radical (unpaired) electrons. The monoisotopic (exact) mass is 335 g/mol. The second-order valence-corrected chi connectivity index (χ2v) is 5.45. The van der Waals surface area contributed by atoms with Gasteiger partial charge in [0.05, 0.1) is 5.56 Å². The Morgan fingerprint density at radius 3 is 2.50 bits per heavy atom. The molecule has 0 fully saturated rings. The maximum Gasteiger partial charge on any atom is 0.387 e. The van der Waals surface area contributed by atoms with E-state index >= 15 is 0 Å². The number of hydrogen-bond donors (Lipinski definition) is 2. The lowest BCUT2D eigenvalue weighted by Gasteiger charge is -2.18. The lowest BCUT2D eigenvalue weighted by molar-refractivity contribution is -0.139. The molecule has 1 aromatic carbocycles. The summed E-state index contributed by atoms with van der Waals surface area (Å²) >= 11 is 5.74. The summed E-state index contributed by atoms with van der Waals surface area (Å²) in [5, 5.41) is 11.5. The molecule has 0 aromatic heterocycles. The van der Waals surface area contributed by atoms with E-state index in [4.69, 9.17) is 16.7 Å². The third-order valence-electron chi connectivity index (χ3n) is 2.71. The number of carboxylic acid groups (broad SMARTS) is 1. The van der Waals surface area contributed by atoms with Crippen molar-refractivity contribution >= 4 is 23.5 Å². The molecular formula is C14H16ClF2NO4. The summed E-state index contributed by atoms with van der Waals surface area (Å²) < 4.78 is 28.9. The minimum atomic E-state index is -3.11. The predicted octanol–water partition coefficient (Wildman–Crippen LogP) is 3.17. The molecule has 0 unspecified atom stereocenters. The van der Waals surface area contributed by atoms with Crippen molar-refractivity contribution in [3.8, 4) is 5.75 Å². The highest BCUT2D eigenvalue weighted by atomic mass is 35.5. The second-order valence-electron chi connectivity index (χ2n) is 5.01. The highest BCUT2D eigenvalue weighted by molar-refractivity contribution is 6.31. The topological polar surface area (TPSA) is 75.6 Å². The summed E-state index contributed by atoms with van der Waals surface area (Å²) in [5.41, 5.74) is -0.247. The molecule has 0 saturated carbocycles. The zero-order valence-electron chi connectivity index (χ0n) is 12.0. The van der Waals surface area contributed by atoms with Crippen LogP contribution in [-0.2, 0) is 4.79 Å². The fourth-order valence-corrected chi connectivity index (χ4v) is 1.98. The number of hydrogen-bond acceptors (Lipinski definition) is 3. The van der Waals surface area contributed by atoms with E-state index < -0.39 is 24.5 Å². The van der Waals surface area contributed by atoms with Crippen molar-refractivity contribution in [2.75, 3.05) is 0 Å². The third kappa shape index (κ3) is 5.48. The van der Waals surface area contributed by atoms with Gasteiger partial charge in [0.15, 0.2) is 0 Å². The van der Waals surface area contributed by atoms with Gasteiger partial charge >= 0.3 is 12.6 Å². The van der Waals surface area contributed by atoms with Crippen molar-refractivity contribution in [2.24, 2.45) is 5.92 Å². The highest BCUT2D eigenvalue weighted by Gasteiger charge is 2.24. The van der Waals surface area contributed by atoms with Gasteiger partial charge in [-0.1, -0.05) is 25.4 Å². The number of alkyl halides is 2. The molecule has 122 valence electrons. The second kappa shape index (κ2) is 7.93. The zero-order chi connectivity index (χ0) is 16.9. The fraction of sp³-hybridized carbons (Fsp3) is 0.429. The number of amides is 1. The van der Waals surface area contributed by atoms with E-state index in [2.05, 4.69) is 10.1 Å². The molecule has 0 saturated heterocycles. The number of nitrogens with one attached hydrogen (secondary N) is 1. The molecular weight excluding hydrogens is 320 g/mol. The Balaban J connectivity index is 3.00. The Bertz CT molecular complexity index is 552. The van der Waals surface area contributed by atoms with E-state index in [0.717, 1.165) is 12.1 Å². The normalized spacial score (nSPS) is 12.3.